The minimum Gasteiger partial charge on any atom is -0.403 e. The molecule has 3 aromatic rings. The van der Waals surface area contributed by atoms with Gasteiger partial charge < -0.3 is 9.32 Å². The van der Waals surface area contributed by atoms with Crippen LogP contribution in [-0.2, 0) is 6.54 Å². The van der Waals surface area contributed by atoms with E-state index in [0.29, 0.717) is 22.8 Å². The third kappa shape index (κ3) is 3.26. The van der Waals surface area contributed by atoms with Crippen LogP contribution in [0.1, 0.15) is 12.8 Å². The lowest BCUT2D eigenvalue weighted by molar-refractivity contribution is 0.337. The summed E-state index contributed by atoms with van der Waals surface area (Å²) in [5, 5.41) is 16.9. The molecule has 124 valence electrons. The van der Waals surface area contributed by atoms with Gasteiger partial charge in [-0.15, -0.1) is 10.2 Å². The van der Waals surface area contributed by atoms with Gasteiger partial charge in [-0.2, -0.15) is 0 Å². The molecule has 1 saturated heterocycles. The average Bonchev–Trinajstić information content (AvgIpc) is 3.27. The average molecular weight is 345 g/mol. The molecule has 0 bridgehead atoms. The molecule has 0 aliphatic carbocycles. The lowest BCUT2D eigenvalue weighted by atomic mass is 9.98. The molecule has 0 spiro atoms. The monoisotopic (exact) mass is 344 g/mol. The Hall–Kier alpha value is -2.41. The quantitative estimate of drug-likeness (QED) is 0.724. The van der Waals surface area contributed by atoms with E-state index in [2.05, 4.69) is 25.4 Å². The van der Waals surface area contributed by atoms with Crippen LogP contribution in [0.2, 0.25) is 5.02 Å². The Labute approximate surface area is 144 Å². The summed E-state index contributed by atoms with van der Waals surface area (Å²) in [6, 6.07) is 7.99. The van der Waals surface area contributed by atoms with E-state index in [1.54, 1.807) is 6.20 Å². The number of nitrogens with zero attached hydrogens (tertiary/aromatic N) is 6. The first-order valence-corrected chi connectivity index (χ1v) is 8.34. The number of aromatic nitrogens is 5. The Morgan fingerprint density at radius 2 is 2.25 bits per heavy atom. The molecule has 1 aromatic carbocycles. The predicted octanol–water partition coefficient (Wildman–Crippen LogP) is 2.90. The fourth-order valence-electron chi connectivity index (χ4n) is 3.06. The van der Waals surface area contributed by atoms with Gasteiger partial charge in [0.2, 0.25) is 5.89 Å². The first kappa shape index (κ1) is 15.1. The Balaban J connectivity index is 1.47. The highest BCUT2D eigenvalue weighted by Gasteiger charge is 2.24. The second kappa shape index (κ2) is 6.60. The molecule has 0 N–H and O–H groups in total. The van der Waals surface area contributed by atoms with Crippen molar-refractivity contribution in [2.24, 2.45) is 5.92 Å². The molecule has 0 radical (unpaired) electrons. The van der Waals surface area contributed by atoms with E-state index < -0.39 is 0 Å². The molecule has 0 saturated carbocycles. The number of rotatable bonds is 4. The lowest BCUT2D eigenvalue weighted by Crippen LogP contribution is -2.37. The smallest absolute Gasteiger partial charge is 0.318 e. The molecule has 1 aliphatic rings. The molecule has 1 atom stereocenters. The Bertz CT molecular complexity index is 803. The molecular weight excluding hydrogens is 328 g/mol. The van der Waals surface area contributed by atoms with Crippen LogP contribution >= 0.6 is 11.6 Å². The van der Waals surface area contributed by atoms with Crippen LogP contribution in [0.25, 0.3) is 11.5 Å². The molecule has 24 heavy (non-hydrogen) atoms. The molecule has 4 rings (SSSR count). The van der Waals surface area contributed by atoms with Crippen LogP contribution in [0, 0.1) is 5.92 Å². The van der Waals surface area contributed by atoms with Crippen LogP contribution in [0.4, 0.5) is 6.01 Å². The van der Waals surface area contributed by atoms with Crippen molar-refractivity contribution in [3.63, 3.8) is 0 Å². The van der Waals surface area contributed by atoms with E-state index >= 15 is 0 Å². The number of halogens is 1. The van der Waals surface area contributed by atoms with Crippen molar-refractivity contribution in [2.75, 3.05) is 18.0 Å². The van der Waals surface area contributed by atoms with Crippen molar-refractivity contribution >= 4 is 17.6 Å². The first-order valence-electron chi connectivity index (χ1n) is 7.96. The van der Waals surface area contributed by atoms with Crippen LogP contribution in [0.3, 0.4) is 0 Å². The molecule has 1 unspecified atom stereocenters. The molecule has 8 heteroatoms. The van der Waals surface area contributed by atoms with Gasteiger partial charge in [0.25, 0.3) is 0 Å². The van der Waals surface area contributed by atoms with Crippen molar-refractivity contribution in [2.45, 2.75) is 19.4 Å². The van der Waals surface area contributed by atoms with Crippen molar-refractivity contribution in [1.29, 1.82) is 0 Å². The lowest BCUT2D eigenvalue weighted by Gasteiger charge is -2.31. The highest BCUT2D eigenvalue weighted by atomic mass is 35.5. The number of hydrogen-bond donors (Lipinski definition) is 0. The van der Waals surface area contributed by atoms with Crippen molar-refractivity contribution in [3.05, 3.63) is 41.7 Å². The topological polar surface area (TPSA) is 72.9 Å². The second-order valence-electron chi connectivity index (χ2n) is 5.98. The summed E-state index contributed by atoms with van der Waals surface area (Å²) < 4.78 is 7.73. The third-order valence-electron chi connectivity index (χ3n) is 4.19. The Kier molecular flexibility index (Phi) is 4.17. The maximum atomic E-state index is 6.02. The van der Waals surface area contributed by atoms with Gasteiger partial charge in [-0.3, -0.25) is 4.68 Å². The number of hydrogen-bond acceptors (Lipinski definition) is 6. The van der Waals surface area contributed by atoms with Gasteiger partial charge in [0, 0.05) is 36.4 Å². The van der Waals surface area contributed by atoms with Gasteiger partial charge in [-0.05, 0) is 37.0 Å². The van der Waals surface area contributed by atoms with Crippen LogP contribution < -0.4 is 4.90 Å². The maximum Gasteiger partial charge on any atom is 0.318 e. The van der Waals surface area contributed by atoms with E-state index in [1.165, 1.54) is 0 Å². The maximum absolute atomic E-state index is 6.02. The summed E-state index contributed by atoms with van der Waals surface area (Å²) in [5.41, 5.74) is 0.831. The Morgan fingerprint density at radius 1 is 1.29 bits per heavy atom. The summed E-state index contributed by atoms with van der Waals surface area (Å²) in [5.74, 6) is 0.980. The van der Waals surface area contributed by atoms with Crippen molar-refractivity contribution in [1.82, 2.24) is 25.2 Å². The Morgan fingerprint density at radius 3 is 3.08 bits per heavy atom. The molecule has 1 fully saturated rings. The van der Waals surface area contributed by atoms with Crippen LogP contribution in [0.5, 0.6) is 0 Å². The van der Waals surface area contributed by atoms with E-state index in [1.807, 2.05) is 35.1 Å². The summed E-state index contributed by atoms with van der Waals surface area (Å²) in [6.45, 7) is 2.65. The molecule has 0 amide bonds. The molecule has 2 aromatic heterocycles. The van der Waals surface area contributed by atoms with Gasteiger partial charge in [0.15, 0.2) is 0 Å². The van der Waals surface area contributed by atoms with Crippen LogP contribution in [0.15, 0.2) is 41.1 Å². The molecular formula is C16H17ClN6O. The van der Waals surface area contributed by atoms with Gasteiger partial charge in [0.1, 0.15) is 0 Å². The summed E-state index contributed by atoms with van der Waals surface area (Å²) >= 11 is 6.02. The number of benzene rings is 1. The van der Waals surface area contributed by atoms with Gasteiger partial charge in [-0.1, -0.05) is 28.0 Å². The minimum atomic E-state index is 0.488. The third-order valence-corrected chi connectivity index (χ3v) is 4.43. The second-order valence-corrected chi connectivity index (χ2v) is 6.42. The summed E-state index contributed by atoms with van der Waals surface area (Å²) in [7, 11) is 0. The van der Waals surface area contributed by atoms with Crippen molar-refractivity contribution in [3.8, 4) is 11.5 Å². The zero-order valence-electron chi connectivity index (χ0n) is 13.0. The first-order chi connectivity index (χ1) is 11.8. The zero-order chi connectivity index (χ0) is 16.4. The fraction of sp³-hybridized carbons (Fsp3) is 0.375. The van der Waals surface area contributed by atoms with E-state index in [9.17, 15) is 0 Å². The fourth-order valence-corrected chi connectivity index (χ4v) is 3.25. The van der Waals surface area contributed by atoms with E-state index in [4.69, 9.17) is 16.0 Å². The molecule has 7 nitrogen and oxygen atoms in total. The standard InChI is InChI=1S/C16H17ClN6O/c17-14-5-1-4-13(9-14)15-19-20-16(24-15)22-7-2-3-12(10-22)11-23-8-6-18-21-23/h1,4-6,8-9,12H,2-3,7,10-11H2. The van der Waals surface area contributed by atoms with Crippen LogP contribution in [-0.4, -0.2) is 38.3 Å². The highest BCUT2D eigenvalue weighted by molar-refractivity contribution is 6.30. The van der Waals surface area contributed by atoms with E-state index in [0.717, 1.165) is 38.0 Å². The predicted molar refractivity (Wildman–Crippen MR) is 89.7 cm³/mol. The normalized spacial score (nSPS) is 18.0. The zero-order valence-corrected chi connectivity index (χ0v) is 13.8. The molecule has 1 aliphatic heterocycles. The largest absolute Gasteiger partial charge is 0.403 e. The van der Waals surface area contributed by atoms with Gasteiger partial charge in [0.05, 0.1) is 6.20 Å². The van der Waals surface area contributed by atoms with Gasteiger partial charge in [-0.25, -0.2) is 0 Å². The highest BCUT2D eigenvalue weighted by Crippen LogP contribution is 2.27. The minimum absolute atomic E-state index is 0.488. The number of piperidine rings is 1. The van der Waals surface area contributed by atoms with Crippen molar-refractivity contribution < 1.29 is 4.42 Å². The van der Waals surface area contributed by atoms with E-state index in [-0.39, 0.29) is 0 Å². The summed E-state index contributed by atoms with van der Waals surface area (Å²) in [6.07, 6.45) is 5.85. The number of anilines is 1. The SMILES string of the molecule is Clc1cccc(-c2nnc(N3CCCC(Cn4ccnn4)C3)o2)c1. The van der Waals surface area contributed by atoms with Gasteiger partial charge >= 0.3 is 6.01 Å². The summed E-state index contributed by atoms with van der Waals surface area (Å²) in [4.78, 5) is 2.14. The molecule has 3 heterocycles.